The van der Waals surface area contributed by atoms with Crippen LogP contribution in [0.2, 0.25) is 0 Å². The van der Waals surface area contributed by atoms with Crippen LogP contribution in [0.4, 0.5) is 13.2 Å². The van der Waals surface area contributed by atoms with Gasteiger partial charge < -0.3 is 15.2 Å². The lowest BCUT2D eigenvalue weighted by Gasteiger charge is -2.40. The number of hydrogen-bond donors (Lipinski definition) is 1. The summed E-state index contributed by atoms with van der Waals surface area (Å²) in [7, 11) is 0. The Morgan fingerprint density at radius 2 is 1.66 bits per heavy atom. The first-order chi connectivity index (χ1) is 16.9. The third kappa shape index (κ3) is 3.56. The number of aromatic nitrogens is 2. The molecule has 0 amide bonds. The van der Waals surface area contributed by atoms with Gasteiger partial charge in [-0.3, -0.25) is 15.0 Å². The number of fused-ring (bicyclic) bond motifs is 4. The number of ether oxygens (including phenoxy) is 2. The third-order valence-corrected chi connectivity index (χ3v) is 6.02. The third-order valence-electron chi connectivity index (χ3n) is 6.02. The first-order valence-corrected chi connectivity index (χ1v) is 10.8. The first kappa shape index (κ1) is 21.5. The Hall–Kier alpha value is -4.08. The van der Waals surface area contributed by atoms with Crippen LogP contribution in [-0.4, -0.2) is 29.0 Å². The van der Waals surface area contributed by atoms with Gasteiger partial charge in [0.05, 0.1) is 24.6 Å². The molecule has 0 fully saturated rings. The summed E-state index contributed by atoms with van der Waals surface area (Å²) in [6.07, 6.45) is 5.13. The molecule has 2 atom stereocenters. The lowest BCUT2D eigenvalue weighted by atomic mass is 9.82. The zero-order valence-corrected chi connectivity index (χ0v) is 18.1. The maximum Gasteiger partial charge on any atom is 0.162 e. The highest BCUT2D eigenvalue weighted by Crippen LogP contribution is 2.50. The van der Waals surface area contributed by atoms with E-state index in [0.717, 1.165) is 18.3 Å². The maximum absolute atomic E-state index is 13.9. The SMILES string of the molecule is NC1CN=C[C@]2(O1)c1cc(-c3cncc(F)c3)ccc1Oc1cnc(-c3ccc(F)c(F)c3)cc12. The van der Waals surface area contributed by atoms with Crippen LogP contribution in [0.1, 0.15) is 11.1 Å². The van der Waals surface area contributed by atoms with Crippen LogP contribution in [0, 0.1) is 17.5 Å². The molecule has 0 saturated heterocycles. The summed E-state index contributed by atoms with van der Waals surface area (Å²) in [6, 6.07) is 12.0. The Morgan fingerprint density at radius 1 is 0.829 bits per heavy atom. The van der Waals surface area contributed by atoms with Crippen LogP contribution in [0.3, 0.4) is 0 Å². The minimum atomic E-state index is -1.24. The minimum Gasteiger partial charge on any atom is -0.455 e. The molecule has 9 heteroatoms. The van der Waals surface area contributed by atoms with E-state index < -0.39 is 29.3 Å². The second-order valence-corrected chi connectivity index (χ2v) is 8.29. The number of aliphatic imine (C=N–C) groups is 1. The molecule has 2 aromatic heterocycles. The number of rotatable bonds is 2. The van der Waals surface area contributed by atoms with Crippen LogP contribution < -0.4 is 10.5 Å². The van der Waals surface area contributed by atoms with E-state index in [1.165, 1.54) is 18.3 Å². The van der Waals surface area contributed by atoms with Gasteiger partial charge in [0.1, 0.15) is 17.8 Å². The predicted molar refractivity (Wildman–Crippen MR) is 122 cm³/mol. The summed E-state index contributed by atoms with van der Waals surface area (Å²) in [6.45, 7) is 0.266. The zero-order chi connectivity index (χ0) is 24.2. The van der Waals surface area contributed by atoms with Crippen LogP contribution in [0.15, 0.2) is 72.1 Å². The van der Waals surface area contributed by atoms with Crippen molar-refractivity contribution in [1.29, 1.82) is 0 Å². The molecule has 6 rings (SSSR count). The van der Waals surface area contributed by atoms with Gasteiger partial charge in [-0.25, -0.2) is 13.2 Å². The minimum absolute atomic E-state index is 0.266. The molecule has 4 aromatic rings. The summed E-state index contributed by atoms with van der Waals surface area (Å²) in [5.41, 5.74) is 8.10. The molecule has 2 aliphatic heterocycles. The molecular weight excluding hydrogens is 457 g/mol. The quantitative estimate of drug-likeness (QED) is 0.444. The number of nitrogens with two attached hydrogens (primary N) is 1. The zero-order valence-electron chi connectivity index (χ0n) is 18.1. The van der Waals surface area contributed by atoms with Gasteiger partial charge in [-0.2, -0.15) is 0 Å². The van der Waals surface area contributed by atoms with E-state index >= 15 is 0 Å². The molecule has 1 spiro atoms. The van der Waals surface area contributed by atoms with E-state index in [9.17, 15) is 13.2 Å². The highest BCUT2D eigenvalue weighted by atomic mass is 19.2. The summed E-state index contributed by atoms with van der Waals surface area (Å²) >= 11 is 0. The topological polar surface area (TPSA) is 82.6 Å². The fourth-order valence-corrected chi connectivity index (χ4v) is 4.41. The molecule has 2 aromatic carbocycles. The Bertz CT molecular complexity index is 1510. The molecule has 2 N–H and O–H groups in total. The van der Waals surface area contributed by atoms with E-state index in [0.29, 0.717) is 45.0 Å². The van der Waals surface area contributed by atoms with Crippen molar-refractivity contribution in [3.63, 3.8) is 0 Å². The predicted octanol–water partition coefficient (Wildman–Crippen LogP) is 4.96. The lowest BCUT2D eigenvalue weighted by molar-refractivity contribution is -0.0313. The van der Waals surface area contributed by atoms with Crippen molar-refractivity contribution in [2.45, 2.75) is 11.8 Å². The van der Waals surface area contributed by atoms with E-state index in [1.807, 2.05) is 6.07 Å². The first-order valence-electron chi connectivity index (χ1n) is 10.8. The normalized spacial score (nSPS) is 20.3. The number of pyridine rings is 2. The van der Waals surface area contributed by atoms with Gasteiger partial charge in [-0.05, 0) is 48.0 Å². The van der Waals surface area contributed by atoms with Gasteiger partial charge in [0.15, 0.2) is 23.0 Å². The van der Waals surface area contributed by atoms with Crippen molar-refractivity contribution < 1.29 is 22.6 Å². The van der Waals surface area contributed by atoms with E-state index in [-0.39, 0.29) is 6.54 Å². The highest BCUT2D eigenvalue weighted by Gasteiger charge is 2.46. The summed E-state index contributed by atoms with van der Waals surface area (Å²) < 4.78 is 53.7. The Balaban J connectivity index is 1.55. The van der Waals surface area contributed by atoms with E-state index in [4.69, 9.17) is 15.2 Å². The second-order valence-electron chi connectivity index (χ2n) is 8.29. The van der Waals surface area contributed by atoms with Gasteiger partial charge in [0, 0.05) is 34.7 Å². The van der Waals surface area contributed by atoms with Gasteiger partial charge in [0.25, 0.3) is 0 Å². The maximum atomic E-state index is 13.9. The van der Waals surface area contributed by atoms with E-state index in [1.54, 1.807) is 30.6 Å². The van der Waals surface area contributed by atoms with Gasteiger partial charge >= 0.3 is 0 Å². The average Bonchev–Trinajstić information content (AvgIpc) is 2.86. The second kappa shape index (κ2) is 8.00. The molecule has 174 valence electrons. The smallest absolute Gasteiger partial charge is 0.162 e. The summed E-state index contributed by atoms with van der Waals surface area (Å²) in [4.78, 5) is 12.8. The van der Waals surface area contributed by atoms with Crippen LogP contribution in [-0.2, 0) is 10.3 Å². The molecule has 6 nitrogen and oxygen atoms in total. The van der Waals surface area contributed by atoms with Gasteiger partial charge in [-0.1, -0.05) is 6.07 Å². The van der Waals surface area contributed by atoms with Gasteiger partial charge in [-0.15, -0.1) is 0 Å². The molecule has 0 radical (unpaired) electrons. The number of benzene rings is 2. The van der Waals surface area contributed by atoms with Crippen molar-refractivity contribution in [2.75, 3.05) is 6.54 Å². The Labute approximate surface area is 197 Å². The molecule has 0 saturated carbocycles. The molecule has 2 aliphatic rings. The fourth-order valence-electron chi connectivity index (χ4n) is 4.41. The van der Waals surface area contributed by atoms with E-state index in [2.05, 4.69) is 15.0 Å². The molecule has 35 heavy (non-hydrogen) atoms. The van der Waals surface area contributed by atoms with Crippen molar-refractivity contribution in [3.05, 3.63) is 95.7 Å². The molecule has 0 bridgehead atoms. The summed E-state index contributed by atoms with van der Waals surface area (Å²) in [5, 5.41) is 0. The lowest BCUT2D eigenvalue weighted by Crippen LogP contribution is -2.46. The highest BCUT2D eigenvalue weighted by molar-refractivity contribution is 5.84. The van der Waals surface area contributed by atoms with Crippen LogP contribution in [0.5, 0.6) is 11.5 Å². The molecule has 1 unspecified atom stereocenters. The number of hydrogen-bond acceptors (Lipinski definition) is 6. The molecular formula is C26H17F3N4O2. The van der Waals surface area contributed by atoms with Crippen molar-refractivity contribution in [3.8, 4) is 33.9 Å². The Morgan fingerprint density at radius 3 is 2.46 bits per heavy atom. The largest absolute Gasteiger partial charge is 0.455 e. The fraction of sp³-hybridized carbons (Fsp3) is 0.115. The summed E-state index contributed by atoms with van der Waals surface area (Å²) in [5.74, 6) is -1.49. The van der Waals surface area contributed by atoms with Gasteiger partial charge in [0.2, 0.25) is 0 Å². The van der Waals surface area contributed by atoms with Crippen LogP contribution >= 0.6 is 0 Å². The molecule has 4 heterocycles. The number of halogens is 3. The standard InChI is InChI=1S/C26H17F3N4O2/c27-17-5-16(9-31-10-17)14-2-4-23-18(6-14)26(13-32-12-25(30)35-26)19-8-22(33-11-24(19)34-23)15-1-3-20(28)21(29)7-15/h1-11,13,25H,12,30H2/t25?,26-/m0/s1. The Kier molecular flexibility index (Phi) is 4.91. The molecule has 0 aliphatic carbocycles. The average molecular weight is 474 g/mol. The van der Waals surface area contributed by atoms with Crippen molar-refractivity contribution in [2.24, 2.45) is 10.7 Å². The van der Waals surface area contributed by atoms with Crippen molar-refractivity contribution in [1.82, 2.24) is 9.97 Å². The monoisotopic (exact) mass is 474 g/mol. The van der Waals surface area contributed by atoms with Crippen LogP contribution in [0.25, 0.3) is 22.4 Å². The van der Waals surface area contributed by atoms with Crippen molar-refractivity contribution >= 4 is 6.21 Å². The number of nitrogens with zero attached hydrogens (tertiary/aromatic N) is 3.